The number of halogens is 1. The van der Waals surface area contributed by atoms with Gasteiger partial charge in [0.25, 0.3) is 0 Å². The van der Waals surface area contributed by atoms with E-state index in [-0.39, 0.29) is 24.1 Å². The van der Waals surface area contributed by atoms with Gasteiger partial charge in [-0.05, 0) is 78.1 Å². The Bertz CT molecular complexity index is 1330. The number of benzene rings is 3. The van der Waals surface area contributed by atoms with E-state index < -0.39 is 5.54 Å². The van der Waals surface area contributed by atoms with Crippen LogP contribution in [0.25, 0.3) is 12.2 Å². The van der Waals surface area contributed by atoms with Crippen molar-refractivity contribution in [3.8, 4) is 5.75 Å². The summed E-state index contributed by atoms with van der Waals surface area (Å²) in [6, 6.07) is 20.3. The van der Waals surface area contributed by atoms with E-state index in [1.165, 1.54) is 12.1 Å². The first-order valence-corrected chi connectivity index (χ1v) is 11.0. The van der Waals surface area contributed by atoms with Crippen LogP contribution in [0, 0.1) is 5.82 Å². The van der Waals surface area contributed by atoms with Gasteiger partial charge < -0.3 is 19.5 Å². The van der Waals surface area contributed by atoms with E-state index >= 15 is 0 Å². The number of rotatable bonds is 5. The summed E-state index contributed by atoms with van der Waals surface area (Å²) in [7, 11) is 0. The minimum atomic E-state index is -0.524. The van der Waals surface area contributed by atoms with Crippen LogP contribution in [-0.2, 0) is 18.6 Å². The van der Waals surface area contributed by atoms with Crippen LogP contribution in [0.2, 0.25) is 0 Å². The lowest BCUT2D eigenvalue weighted by molar-refractivity contribution is 0.239. The molecule has 1 aliphatic heterocycles. The lowest BCUT2D eigenvalue weighted by Gasteiger charge is -2.48. The molecule has 0 saturated carbocycles. The molecule has 1 aliphatic rings. The van der Waals surface area contributed by atoms with Crippen molar-refractivity contribution in [1.29, 1.82) is 0 Å². The zero-order valence-corrected chi connectivity index (χ0v) is 18.6. The maximum atomic E-state index is 13.6. The van der Waals surface area contributed by atoms with Crippen molar-refractivity contribution >= 4 is 17.8 Å². The molecule has 0 bridgehead atoms. The highest BCUT2D eigenvalue weighted by molar-refractivity contribution is 5.67. The van der Waals surface area contributed by atoms with Crippen LogP contribution in [-0.4, -0.2) is 27.0 Å². The van der Waals surface area contributed by atoms with E-state index in [2.05, 4.69) is 34.2 Å². The van der Waals surface area contributed by atoms with Crippen LogP contribution in [0.4, 0.5) is 10.1 Å². The second kappa shape index (κ2) is 8.76. The smallest absolute Gasteiger partial charge is 0.242 e. The number of aromatic hydroxyl groups is 1. The fraction of sp³-hybridized carbons (Fsp3) is 0.185. The number of phenolic OH excluding ortho intramolecular Hbond substituents is 1. The van der Waals surface area contributed by atoms with Crippen LogP contribution in [0.15, 0.2) is 71.1 Å². The highest BCUT2D eigenvalue weighted by Crippen LogP contribution is 2.44. The highest BCUT2D eigenvalue weighted by atomic mass is 19.1. The first kappa shape index (κ1) is 21.9. The van der Waals surface area contributed by atoms with Crippen molar-refractivity contribution in [3.05, 3.63) is 107 Å². The summed E-state index contributed by atoms with van der Waals surface area (Å²) in [6.07, 6.45) is 4.34. The highest BCUT2D eigenvalue weighted by Gasteiger charge is 2.40. The van der Waals surface area contributed by atoms with Gasteiger partial charge >= 0.3 is 0 Å². The third-order valence-electron chi connectivity index (χ3n) is 6.41. The zero-order chi connectivity index (χ0) is 23.7. The van der Waals surface area contributed by atoms with Gasteiger partial charge in [0.05, 0.1) is 5.54 Å². The number of fused-ring (bicyclic) bond motifs is 1. The molecule has 34 heavy (non-hydrogen) atoms. The molecule has 2 heterocycles. The Morgan fingerprint density at radius 1 is 1.03 bits per heavy atom. The molecule has 7 heteroatoms. The van der Waals surface area contributed by atoms with Gasteiger partial charge in [-0.25, -0.2) is 4.39 Å². The van der Waals surface area contributed by atoms with Gasteiger partial charge in [0.1, 0.15) is 18.2 Å². The minimum absolute atomic E-state index is 0.172. The fourth-order valence-corrected chi connectivity index (χ4v) is 4.67. The van der Waals surface area contributed by atoms with Gasteiger partial charge in [0.15, 0.2) is 0 Å². The molecular weight excluding hydrogens is 433 g/mol. The molecule has 6 nitrogen and oxygen atoms in total. The lowest BCUT2D eigenvalue weighted by atomic mass is 9.76. The normalized spacial score (nSPS) is 17.8. The van der Waals surface area contributed by atoms with Gasteiger partial charge in [-0.15, -0.1) is 10.2 Å². The number of phenols is 1. The number of hydrogen-bond acceptors (Lipinski definition) is 6. The van der Waals surface area contributed by atoms with Gasteiger partial charge in [-0.3, -0.25) is 0 Å². The largest absolute Gasteiger partial charge is 0.508 e. The Hall–Kier alpha value is -3.97. The van der Waals surface area contributed by atoms with Gasteiger partial charge in [0.2, 0.25) is 11.8 Å². The first-order valence-electron chi connectivity index (χ1n) is 11.0. The van der Waals surface area contributed by atoms with E-state index in [0.29, 0.717) is 5.89 Å². The molecular formula is C27H24FN3O3. The Kier molecular flexibility index (Phi) is 5.63. The van der Waals surface area contributed by atoms with Crippen molar-refractivity contribution in [1.82, 2.24) is 10.2 Å². The molecule has 172 valence electrons. The third-order valence-corrected chi connectivity index (χ3v) is 6.41. The topological polar surface area (TPSA) is 82.6 Å². The summed E-state index contributed by atoms with van der Waals surface area (Å²) < 4.78 is 18.9. The lowest BCUT2D eigenvalue weighted by Crippen LogP contribution is -2.49. The number of hydrogen-bond donors (Lipinski definition) is 2. The molecule has 1 atom stereocenters. The molecule has 0 spiro atoms. The second-order valence-electron chi connectivity index (χ2n) is 8.44. The summed E-state index contributed by atoms with van der Waals surface area (Å²) in [5.74, 6) is 0.480. The minimum Gasteiger partial charge on any atom is -0.508 e. The van der Waals surface area contributed by atoms with E-state index in [1.54, 1.807) is 24.3 Å². The van der Waals surface area contributed by atoms with E-state index in [0.717, 1.165) is 40.9 Å². The fourth-order valence-electron chi connectivity index (χ4n) is 4.67. The maximum absolute atomic E-state index is 13.6. The maximum Gasteiger partial charge on any atom is 0.242 e. The average molecular weight is 458 g/mol. The number of aliphatic hydroxyl groups excluding tert-OH is 1. The Morgan fingerprint density at radius 2 is 1.79 bits per heavy atom. The van der Waals surface area contributed by atoms with Crippen LogP contribution < -0.4 is 4.90 Å². The first-order chi connectivity index (χ1) is 16.5. The molecule has 2 N–H and O–H groups in total. The summed E-state index contributed by atoms with van der Waals surface area (Å²) in [6.45, 7) is 2.59. The van der Waals surface area contributed by atoms with Gasteiger partial charge in [0, 0.05) is 18.3 Å². The Morgan fingerprint density at radius 3 is 2.50 bits per heavy atom. The SMILES string of the molecule is CC1(c2ccc(C=Cc3nnc(CO)o3)cc2)c2ccc(O)cc2CCN1c1ccc(F)cc1. The second-order valence-corrected chi connectivity index (χ2v) is 8.44. The summed E-state index contributed by atoms with van der Waals surface area (Å²) >= 11 is 0. The third kappa shape index (κ3) is 3.95. The summed E-state index contributed by atoms with van der Waals surface area (Å²) in [5.41, 5.74) is 4.63. The molecule has 0 radical (unpaired) electrons. The molecule has 1 aromatic heterocycles. The van der Waals surface area contributed by atoms with Crippen molar-refractivity contribution in [3.63, 3.8) is 0 Å². The quantitative estimate of drug-likeness (QED) is 0.444. The predicted molar refractivity (Wildman–Crippen MR) is 128 cm³/mol. The standard InChI is InChI=1S/C27H24FN3O3/c1-27(20-5-2-18(3-6-20)4-13-25-29-30-26(17-32)34-25)24-12-11-23(33)16-19(24)14-15-31(27)22-9-7-21(28)8-10-22/h2-13,16,32-33H,14-15,17H2,1H3. The van der Waals surface area contributed by atoms with E-state index in [9.17, 15) is 9.50 Å². The van der Waals surface area contributed by atoms with E-state index in [1.807, 2.05) is 30.3 Å². The van der Waals surface area contributed by atoms with Crippen LogP contribution in [0.5, 0.6) is 5.75 Å². The van der Waals surface area contributed by atoms with Crippen molar-refractivity contribution in [2.75, 3.05) is 11.4 Å². The zero-order valence-electron chi connectivity index (χ0n) is 18.6. The van der Waals surface area contributed by atoms with Gasteiger partial charge in [-0.1, -0.05) is 30.3 Å². The Labute approximate surface area is 196 Å². The monoisotopic (exact) mass is 457 g/mol. The molecule has 0 saturated heterocycles. The van der Waals surface area contributed by atoms with Gasteiger partial charge in [-0.2, -0.15) is 0 Å². The number of anilines is 1. The summed E-state index contributed by atoms with van der Waals surface area (Å²) in [4.78, 5) is 2.28. The van der Waals surface area contributed by atoms with Crippen LogP contribution in [0.1, 0.15) is 41.0 Å². The molecule has 0 fully saturated rings. The molecule has 0 amide bonds. The Balaban J connectivity index is 1.53. The molecule has 5 rings (SSSR count). The number of nitrogens with zero attached hydrogens (tertiary/aromatic N) is 3. The molecule has 0 aliphatic carbocycles. The average Bonchev–Trinajstić information content (AvgIpc) is 3.32. The predicted octanol–water partition coefficient (Wildman–Crippen LogP) is 4.90. The van der Waals surface area contributed by atoms with Crippen LogP contribution in [0.3, 0.4) is 0 Å². The van der Waals surface area contributed by atoms with Crippen molar-refractivity contribution in [2.24, 2.45) is 0 Å². The van der Waals surface area contributed by atoms with Crippen molar-refractivity contribution in [2.45, 2.75) is 25.5 Å². The molecule has 4 aromatic rings. The molecule has 1 unspecified atom stereocenters. The summed E-state index contributed by atoms with van der Waals surface area (Å²) in [5, 5.41) is 26.7. The van der Waals surface area contributed by atoms with Crippen molar-refractivity contribution < 1.29 is 19.0 Å². The number of aliphatic hydroxyl groups is 1. The number of aromatic nitrogens is 2. The molecule has 3 aromatic carbocycles. The van der Waals surface area contributed by atoms with Crippen LogP contribution >= 0.6 is 0 Å². The van der Waals surface area contributed by atoms with E-state index in [4.69, 9.17) is 9.52 Å².